The van der Waals surface area contributed by atoms with Crippen molar-refractivity contribution in [3.8, 4) is 22.6 Å². The second kappa shape index (κ2) is 8.86. The van der Waals surface area contributed by atoms with Crippen LogP contribution in [0.3, 0.4) is 0 Å². The summed E-state index contributed by atoms with van der Waals surface area (Å²) in [5.41, 5.74) is 3.53. The number of methoxy groups -OCH3 is 2. The lowest BCUT2D eigenvalue weighted by Gasteiger charge is -2.38. The Morgan fingerprint density at radius 3 is 2.44 bits per heavy atom. The van der Waals surface area contributed by atoms with Crippen LogP contribution in [0.2, 0.25) is 0 Å². The SMILES string of the molecule is COc1ccc(N2C(=O)c3ccccc3NC2c2ccc(-c3ccncc3)cc2F)c(OC)c1. The van der Waals surface area contributed by atoms with Crippen molar-refractivity contribution < 1.29 is 18.7 Å². The molecule has 1 aliphatic rings. The zero-order chi connectivity index (χ0) is 23.7. The Kier molecular flexibility index (Phi) is 5.59. The molecule has 5 rings (SSSR count). The van der Waals surface area contributed by atoms with E-state index in [0.717, 1.165) is 11.1 Å². The summed E-state index contributed by atoms with van der Waals surface area (Å²) < 4.78 is 26.4. The third-order valence-corrected chi connectivity index (χ3v) is 5.88. The molecule has 7 heteroatoms. The van der Waals surface area contributed by atoms with Crippen molar-refractivity contribution in [2.45, 2.75) is 6.17 Å². The molecule has 4 aromatic rings. The van der Waals surface area contributed by atoms with Gasteiger partial charge in [0.15, 0.2) is 0 Å². The van der Waals surface area contributed by atoms with E-state index in [9.17, 15) is 4.79 Å². The molecule has 0 saturated carbocycles. The maximum atomic E-state index is 15.6. The molecule has 3 aromatic carbocycles. The van der Waals surface area contributed by atoms with E-state index < -0.39 is 12.0 Å². The fourth-order valence-corrected chi connectivity index (χ4v) is 4.18. The van der Waals surface area contributed by atoms with Crippen molar-refractivity contribution in [1.82, 2.24) is 4.98 Å². The molecule has 1 amide bonds. The molecular formula is C27H22FN3O3. The van der Waals surface area contributed by atoms with Gasteiger partial charge in [0.05, 0.1) is 25.5 Å². The first-order valence-electron chi connectivity index (χ1n) is 10.7. The number of fused-ring (bicyclic) bond motifs is 1. The van der Waals surface area contributed by atoms with Gasteiger partial charge >= 0.3 is 0 Å². The summed E-state index contributed by atoms with van der Waals surface area (Å²) in [7, 11) is 3.08. The highest BCUT2D eigenvalue weighted by atomic mass is 19.1. The van der Waals surface area contributed by atoms with E-state index in [0.29, 0.717) is 34.0 Å². The van der Waals surface area contributed by atoms with Crippen LogP contribution in [0, 0.1) is 5.82 Å². The highest BCUT2D eigenvalue weighted by molar-refractivity contribution is 6.12. The number of nitrogens with one attached hydrogen (secondary N) is 1. The van der Waals surface area contributed by atoms with Gasteiger partial charge in [-0.1, -0.05) is 24.3 Å². The number of benzene rings is 3. The molecule has 0 spiro atoms. The second-order valence-corrected chi connectivity index (χ2v) is 7.78. The maximum absolute atomic E-state index is 15.6. The highest BCUT2D eigenvalue weighted by Gasteiger charge is 2.37. The standard InChI is InChI=1S/C27H22FN3O3/c1-33-19-8-10-24(25(16-19)34-2)31-26(30-23-6-4-3-5-21(23)27(31)32)20-9-7-18(15-22(20)28)17-11-13-29-14-12-17/h3-16,26,30H,1-2H3. The van der Waals surface area contributed by atoms with Crippen LogP contribution in [0.5, 0.6) is 11.5 Å². The first-order chi connectivity index (χ1) is 16.6. The number of para-hydroxylation sites is 1. The number of ether oxygens (including phenoxy) is 2. The van der Waals surface area contributed by atoms with E-state index in [-0.39, 0.29) is 5.91 Å². The summed E-state index contributed by atoms with van der Waals surface area (Å²) in [4.78, 5) is 19.2. The molecule has 1 atom stereocenters. The Bertz CT molecular complexity index is 1360. The Hall–Kier alpha value is -4.39. The number of aromatic nitrogens is 1. The minimum Gasteiger partial charge on any atom is -0.497 e. The normalized spacial score (nSPS) is 14.9. The average molecular weight is 455 g/mol. The summed E-state index contributed by atoms with van der Waals surface area (Å²) >= 11 is 0. The zero-order valence-electron chi connectivity index (χ0n) is 18.7. The Morgan fingerprint density at radius 2 is 1.71 bits per heavy atom. The lowest BCUT2D eigenvalue weighted by Crippen LogP contribution is -2.43. The van der Waals surface area contributed by atoms with Crippen LogP contribution in [0.4, 0.5) is 15.8 Å². The van der Waals surface area contributed by atoms with Gasteiger partial charge in [0.2, 0.25) is 0 Å². The van der Waals surface area contributed by atoms with Crippen LogP contribution in [-0.4, -0.2) is 25.1 Å². The van der Waals surface area contributed by atoms with Crippen molar-refractivity contribution in [1.29, 1.82) is 0 Å². The predicted octanol–water partition coefficient (Wildman–Crippen LogP) is 5.68. The van der Waals surface area contributed by atoms with Crippen LogP contribution < -0.4 is 19.7 Å². The first-order valence-corrected chi connectivity index (χ1v) is 10.7. The molecule has 6 nitrogen and oxygen atoms in total. The average Bonchev–Trinajstić information content (AvgIpc) is 2.89. The van der Waals surface area contributed by atoms with Gasteiger partial charge in [-0.15, -0.1) is 0 Å². The molecule has 0 fully saturated rings. The molecule has 0 bridgehead atoms. The van der Waals surface area contributed by atoms with Crippen LogP contribution >= 0.6 is 0 Å². The topological polar surface area (TPSA) is 63.7 Å². The number of hydrogen-bond acceptors (Lipinski definition) is 5. The van der Waals surface area contributed by atoms with Gasteiger partial charge in [0.25, 0.3) is 5.91 Å². The number of pyridine rings is 1. The van der Waals surface area contributed by atoms with Gasteiger partial charge in [-0.05, 0) is 53.6 Å². The van der Waals surface area contributed by atoms with E-state index in [1.165, 1.54) is 18.1 Å². The Morgan fingerprint density at radius 1 is 0.912 bits per heavy atom. The Labute approximate surface area is 196 Å². The predicted molar refractivity (Wildman–Crippen MR) is 129 cm³/mol. The van der Waals surface area contributed by atoms with Gasteiger partial charge in [-0.2, -0.15) is 0 Å². The van der Waals surface area contributed by atoms with Crippen LogP contribution in [0.1, 0.15) is 22.1 Å². The number of nitrogens with zero attached hydrogens (tertiary/aromatic N) is 2. The van der Waals surface area contributed by atoms with E-state index >= 15 is 4.39 Å². The molecule has 1 aromatic heterocycles. The maximum Gasteiger partial charge on any atom is 0.262 e. The fraction of sp³-hybridized carbons (Fsp3) is 0.111. The van der Waals surface area contributed by atoms with E-state index in [1.807, 2.05) is 30.3 Å². The first kappa shape index (κ1) is 21.5. The quantitative estimate of drug-likeness (QED) is 0.420. The molecule has 0 aliphatic carbocycles. The number of carbonyl (C=O) groups excluding carboxylic acids is 1. The largest absolute Gasteiger partial charge is 0.497 e. The molecule has 1 N–H and O–H groups in total. The number of amides is 1. The van der Waals surface area contributed by atoms with Gasteiger partial charge in [-0.3, -0.25) is 14.7 Å². The lowest BCUT2D eigenvalue weighted by atomic mass is 9.99. The zero-order valence-corrected chi connectivity index (χ0v) is 18.7. The van der Waals surface area contributed by atoms with Crippen molar-refractivity contribution in [2.75, 3.05) is 24.4 Å². The number of anilines is 2. The summed E-state index contributed by atoms with van der Waals surface area (Å²) in [5, 5.41) is 3.34. The molecule has 0 radical (unpaired) electrons. The van der Waals surface area contributed by atoms with E-state index in [2.05, 4.69) is 10.3 Å². The van der Waals surface area contributed by atoms with Gasteiger partial charge in [-0.25, -0.2) is 4.39 Å². The van der Waals surface area contributed by atoms with E-state index in [1.54, 1.807) is 55.9 Å². The van der Waals surface area contributed by atoms with Crippen molar-refractivity contribution in [3.05, 3.63) is 102 Å². The van der Waals surface area contributed by atoms with Crippen molar-refractivity contribution in [3.63, 3.8) is 0 Å². The fourth-order valence-electron chi connectivity index (χ4n) is 4.18. The van der Waals surface area contributed by atoms with Crippen LogP contribution in [0.15, 0.2) is 85.2 Å². The molecule has 1 aliphatic heterocycles. The third-order valence-electron chi connectivity index (χ3n) is 5.88. The second-order valence-electron chi connectivity index (χ2n) is 7.78. The molecule has 2 heterocycles. The smallest absolute Gasteiger partial charge is 0.262 e. The lowest BCUT2D eigenvalue weighted by molar-refractivity contribution is 0.0973. The molecule has 34 heavy (non-hydrogen) atoms. The Balaban J connectivity index is 1.64. The van der Waals surface area contributed by atoms with Crippen molar-refractivity contribution in [2.24, 2.45) is 0 Å². The van der Waals surface area contributed by atoms with Gasteiger partial charge in [0, 0.05) is 29.7 Å². The number of carbonyl (C=O) groups is 1. The summed E-state index contributed by atoms with van der Waals surface area (Å²) in [6.07, 6.45) is 2.53. The number of halogens is 1. The molecule has 0 saturated heterocycles. The summed E-state index contributed by atoms with van der Waals surface area (Å²) in [6, 6.07) is 21.0. The minimum absolute atomic E-state index is 0.263. The highest BCUT2D eigenvalue weighted by Crippen LogP contribution is 2.42. The monoisotopic (exact) mass is 455 g/mol. The van der Waals surface area contributed by atoms with Crippen LogP contribution in [0.25, 0.3) is 11.1 Å². The minimum atomic E-state index is -0.795. The molecular weight excluding hydrogens is 433 g/mol. The van der Waals surface area contributed by atoms with Crippen LogP contribution in [-0.2, 0) is 0 Å². The summed E-state index contributed by atoms with van der Waals surface area (Å²) in [5.74, 6) is 0.326. The number of rotatable bonds is 5. The number of hydrogen-bond donors (Lipinski definition) is 1. The van der Waals surface area contributed by atoms with Gasteiger partial charge in [0.1, 0.15) is 23.5 Å². The van der Waals surface area contributed by atoms with Gasteiger partial charge < -0.3 is 14.8 Å². The molecule has 170 valence electrons. The van der Waals surface area contributed by atoms with Crippen molar-refractivity contribution >= 4 is 17.3 Å². The third kappa shape index (κ3) is 3.71. The van der Waals surface area contributed by atoms with E-state index in [4.69, 9.17) is 9.47 Å². The summed E-state index contributed by atoms with van der Waals surface area (Å²) in [6.45, 7) is 0. The molecule has 1 unspecified atom stereocenters.